The fraction of sp³-hybridized carbons (Fsp3) is 0.467. The van der Waals surface area contributed by atoms with Crippen LogP contribution in [0, 0.1) is 0 Å². The fourth-order valence-electron chi connectivity index (χ4n) is 3.01. The third kappa shape index (κ3) is 2.09. The summed E-state index contributed by atoms with van der Waals surface area (Å²) in [6.07, 6.45) is 10.4. The molecule has 3 rings (SSSR count). The molecule has 2 heteroatoms. The van der Waals surface area contributed by atoms with Gasteiger partial charge in [0.25, 0.3) is 0 Å². The third-order valence-corrected chi connectivity index (χ3v) is 4.26. The van der Waals surface area contributed by atoms with E-state index in [1.54, 1.807) is 0 Å². The summed E-state index contributed by atoms with van der Waals surface area (Å²) in [5.74, 6) is 0. The minimum Gasteiger partial charge on any atom is -0.344 e. The van der Waals surface area contributed by atoms with Gasteiger partial charge in [-0.1, -0.05) is 43.4 Å². The Balaban J connectivity index is 2.02. The second-order valence-corrected chi connectivity index (χ2v) is 5.45. The molecule has 1 fully saturated rings. The highest BCUT2D eigenvalue weighted by Crippen LogP contribution is 2.32. The van der Waals surface area contributed by atoms with Crippen LogP contribution in [0.1, 0.15) is 44.6 Å². The summed E-state index contributed by atoms with van der Waals surface area (Å²) in [5.41, 5.74) is 1.30. The van der Waals surface area contributed by atoms with E-state index in [1.807, 2.05) is 6.07 Å². The van der Waals surface area contributed by atoms with Gasteiger partial charge < -0.3 is 4.57 Å². The average Bonchev–Trinajstić information content (AvgIpc) is 2.59. The van der Waals surface area contributed by atoms with E-state index >= 15 is 0 Å². The average molecular weight is 248 g/mol. The SMILES string of the molecule is Clc1cccc2c1ccn2C1CCCCCC1. The second kappa shape index (κ2) is 4.73. The first kappa shape index (κ1) is 11.2. The van der Waals surface area contributed by atoms with Crippen LogP contribution in [0.15, 0.2) is 30.5 Å². The minimum absolute atomic E-state index is 0.675. The molecule has 1 aliphatic carbocycles. The molecule has 0 unspecified atom stereocenters. The van der Waals surface area contributed by atoms with Gasteiger partial charge in [-0.15, -0.1) is 0 Å². The molecule has 0 spiro atoms. The molecular weight excluding hydrogens is 230 g/mol. The lowest BCUT2D eigenvalue weighted by Gasteiger charge is -2.17. The van der Waals surface area contributed by atoms with Crippen molar-refractivity contribution >= 4 is 22.5 Å². The minimum atomic E-state index is 0.675. The molecule has 1 aliphatic rings. The predicted octanol–water partition coefficient (Wildman–Crippen LogP) is 5.19. The number of aromatic nitrogens is 1. The maximum Gasteiger partial charge on any atom is 0.0499 e. The van der Waals surface area contributed by atoms with Gasteiger partial charge in [-0.3, -0.25) is 0 Å². The van der Waals surface area contributed by atoms with Crippen molar-refractivity contribution in [3.8, 4) is 0 Å². The fourth-order valence-corrected chi connectivity index (χ4v) is 3.24. The summed E-state index contributed by atoms with van der Waals surface area (Å²) in [5, 5.41) is 2.06. The molecule has 2 aromatic rings. The number of nitrogens with zero attached hydrogens (tertiary/aromatic N) is 1. The summed E-state index contributed by atoms with van der Waals surface area (Å²) in [6.45, 7) is 0. The molecule has 0 N–H and O–H groups in total. The van der Waals surface area contributed by atoms with Gasteiger partial charge in [0.15, 0.2) is 0 Å². The molecule has 0 saturated heterocycles. The maximum atomic E-state index is 6.23. The lowest BCUT2D eigenvalue weighted by Crippen LogP contribution is -2.06. The van der Waals surface area contributed by atoms with Gasteiger partial charge >= 0.3 is 0 Å². The van der Waals surface area contributed by atoms with Crippen LogP contribution in [0.3, 0.4) is 0 Å². The predicted molar refractivity (Wildman–Crippen MR) is 73.7 cm³/mol. The van der Waals surface area contributed by atoms with Crippen LogP contribution in [-0.2, 0) is 0 Å². The molecule has 1 saturated carbocycles. The van der Waals surface area contributed by atoms with Gasteiger partial charge in [-0.2, -0.15) is 0 Å². The van der Waals surface area contributed by atoms with Gasteiger partial charge in [0.1, 0.15) is 0 Å². The first-order valence-electron chi connectivity index (χ1n) is 6.61. The number of hydrogen-bond donors (Lipinski definition) is 0. The second-order valence-electron chi connectivity index (χ2n) is 5.04. The molecule has 0 amide bonds. The summed E-state index contributed by atoms with van der Waals surface area (Å²) in [6, 6.07) is 9.04. The van der Waals surface area contributed by atoms with E-state index in [0.717, 1.165) is 5.02 Å². The summed E-state index contributed by atoms with van der Waals surface area (Å²) in [4.78, 5) is 0. The van der Waals surface area contributed by atoms with Crippen molar-refractivity contribution in [3.05, 3.63) is 35.5 Å². The van der Waals surface area contributed by atoms with Gasteiger partial charge in [0.2, 0.25) is 0 Å². The Morgan fingerprint density at radius 2 is 1.76 bits per heavy atom. The summed E-state index contributed by atoms with van der Waals surface area (Å²) in [7, 11) is 0. The smallest absolute Gasteiger partial charge is 0.0499 e. The van der Waals surface area contributed by atoms with Crippen LogP contribution in [0.25, 0.3) is 10.9 Å². The highest BCUT2D eigenvalue weighted by molar-refractivity contribution is 6.35. The molecule has 90 valence electrons. The van der Waals surface area contributed by atoms with Crippen molar-refractivity contribution < 1.29 is 0 Å². The topological polar surface area (TPSA) is 4.93 Å². The first-order valence-corrected chi connectivity index (χ1v) is 6.99. The van der Waals surface area contributed by atoms with Crippen molar-refractivity contribution in [2.24, 2.45) is 0 Å². The van der Waals surface area contributed by atoms with E-state index in [1.165, 1.54) is 49.4 Å². The molecule has 17 heavy (non-hydrogen) atoms. The van der Waals surface area contributed by atoms with Crippen LogP contribution in [-0.4, -0.2) is 4.57 Å². The van der Waals surface area contributed by atoms with E-state index in [9.17, 15) is 0 Å². The van der Waals surface area contributed by atoms with Gasteiger partial charge in [0.05, 0.1) is 0 Å². The third-order valence-electron chi connectivity index (χ3n) is 3.93. The molecule has 1 nitrogen and oxygen atoms in total. The standard InChI is InChI=1S/C15H18ClN/c16-14-8-5-9-15-13(14)10-11-17(15)12-6-3-1-2-4-7-12/h5,8-12H,1-4,6-7H2. The first-order chi connectivity index (χ1) is 8.36. The summed E-state index contributed by atoms with van der Waals surface area (Å²) < 4.78 is 2.44. The zero-order valence-corrected chi connectivity index (χ0v) is 10.8. The van der Waals surface area contributed by atoms with E-state index in [-0.39, 0.29) is 0 Å². The van der Waals surface area contributed by atoms with E-state index in [4.69, 9.17) is 11.6 Å². The quantitative estimate of drug-likeness (QED) is 0.611. The maximum absolute atomic E-state index is 6.23. The molecule has 1 aromatic carbocycles. The van der Waals surface area contributed by atoms with Gasteiger partial charge in [-0.25, -0.2) is 0 Å². The number of hydrogen-bond acceptors (Lipinski definition) is 0. The van der Waals surface area contributed by atoms with Crippen molar-refractivity contribution in [3.63, 3.8) is 0 Å². The highest BCUT2D eigenvalue weighted by Gasteiger charge is 2.15. The zero-order valence-electron chi connectivity index (χ0n) is 10.0. The van der Waals surface area contributed by atoms with Crippen molar-refractivity contribution in [2.45, 2.75) is 44.6 Å². The van der Waals surface area contributed by atoms with Crippen LogP contribution < -0.4 is 0 Å². The number of halogens is 1. The monoisotopic (exact) mass is 247 g/mol. The molecule has 0 aliphatic heterocycles. The van der Waals surface area contributed by atoms with Crippen LogP contribution >= 0.6 is 11.6 Å². The largest absolute Gasteiger partial charge is 0.344 e. The number of fused-ring (bicyclic) bond motifs is 1. The van der Waals surface area contributed by atoms with Gasteiger partial charge in [-0.05, 0) is 31.0 Å². The van der Waals surface area contributed by atoms with Crippen LogP contribution in [0.5, 0.6) is 0 Å². The Bertz CT molecular complexity index is 507. The van der Waals surface area contributed by atoms with Crippen molar-refractivity contribution in [1.82, 2.24) is 4.57 Å². The molecule has 0 radical (unpaired) electrons. The Morgan fingerprint density at radius 3 is 2.53 bits per heavy atom. The van der Waals surface area contributed by atoms with Crippen molar-refractivity contribution in [1.29, 1.82) is 0 Å². The van der Waals surface area contributed by atoms with Crippen molar-refractivity contribution in [2.75, 3.05) is 0 Å². The Hall–Kier alpha value is -0.950. The molecule has 1 heterocycles. The lowest BCUT2D eigenvalue weighted by atomic mass is 10.1. The molecular formula is C15H18ClN. The number of rotatable bonds is 1. The van der Waals surface area contributed by atoms with Crippen LogP contribution in [0.4, 0.5) is 0 Å². The lowest BCUT2D eigenvalue weighted by molar-refractivity contribution is 0.456. The van der Waals surface area contributed by atoms with Gasteiger partial charge in [0, 0.05) is 28.2 Å². The molecule has 1 aromatic heterocycles. The summed E-state index contributed by atoms with van der Waals surface area (Å²) >= 11 is 6.23. The zero-order chi connectivity index (χ0) is 11.7. The van der Waals surface area contributed by atoms with E-state index in [0.29, 0.717) is 6.04 Å². The van der Waals surface area contributed by atoms with E-state index in [2.05, 4.69) is 29.0 Å². The van der Waals surface area contributed by atoms with E-state index < -0.39 is 0 Å². The molecule has 0 bridgehead atoms. The Labute approximate surface area is 107 Å². The molecule has 0 atom stereocenters. The normalized spacial score (nSPS) is 18.4. The Morgan fingerprint density at radius 1 is 1.00 bits per heavy atom. The number of benzene rings is 1. The Kier molecular flexibility index (Phi) is 3.11. The highest BCUT2D eigenvalue weighted by atomic mass is 35.5. The van der Waals surface area contributed by atoms with Crippen LogP contribution in [0.2, 0.25) is 5.02 Å².